The molecule has 0 aromatic carbocycles. The van der Waals surface area contributed by atoms with Crippen molar-refractivity contribution in [2.75, 3.05) is 10.7 Å². The van der Waals surface area contributed by atoms with Crippen molar-refractivity contribution in [1.82, 2.24) is 9.97 Å². The van der Waals surface area contributed by atoms with Gasteiger partial charge in [-0.15, -0.1) is 11.3 Å². The van der Waals surface area contributed by atoms with E-state index in [1.807, 2.05) is 12.3 Å². The maximum atomic E-state index is 11.8. The summed E-state index contributed by atoms with van der Waals surface area (Å²) in [4.78, 5) is 19.9. The molecule has 17 heavy (non-hydrogen) atoms. The first-order valence-corrected chi connectivity index (χ1v) is 5.73. The molecule has 0 aliphatic carbocycles. The minimum Gasteiger partial charge on any atom is -0.323 e. The monoisotopic (exact) mass is 249 g/mol. The molecule has 2 aromatic rings. The van der Waals surface area contributed by atoms with Gasteiger partial charge < -0.3 is 5.43 Å². The molecule has 0 fully saturated rings. The molecule has 88 valence electrons. The molecule has 0 saturated heterocycles. The van der Waals surface area contributed by atoms with Gasteiger partial charge in [0.15, 0.2) is 5.13 Å². The highest BCUT2D eigenvalue weighted by molar-refractivity contribution is 7.13. The zero-order valence-electron chi connectivity index (χ0n) is 9.10. The van der Waals surface area contributed by atoms with Gasteiger partial charge in [0.1, 0.15) is 5.69 Å². The number of amides is 1. The molecule has 2 rings (SSSR count). The van der Waals surface area contributed by atoms with Crippen LogP contribution in [0.15, 0.2) is 23.7 Å². The molecule has 4 N–H and O–H groups in total. The number of nitrogen functional groups attached to an aromatic ring is 1. The Morgan fingerprint density at radius 3 is 2.82 bits per heavy atom. The van der Waals surface area contributed by atoms with E-state index in [0.717, 1.165) is 5.69 Å². The maximum Gasteiger partial charge on any atom is 0.276 e. The van der Waals surface area contributed by atoms with Crippen molar-refractivity contribution in [1.29, 1.82) is 0 Å². The Hall–Kier alpha value is -1.99. The van der Waals surface area contributed by atoms with Crippen molar-refractivity contribution in [2.45, 2.75) is 6.92 Å². The van der Waals surface area contributed by atoms with Crippen LogP contribution in [0.25, 0.3) is 0 Å². The van der Waals surface area contributed by atoms with Crippen molar-refractivity contribution in [2.24, 2.45) is 5.84 Å². The summed E-state index contributed by atoms with van der Waals surface area (Å²) in [6, 6.07) is 3.26. The van der Waals surface area contributed by atoms with E-state index in [-0.39, 0.29) is 5.91 Å². The van der Waals surface area contributed by atoms with Crippen molar-refractivity contribution in [3.63, 3.8) is 0 Å². The smallest absolute Gasteiger partial charge is 0.276 e. The summed E-state index contributed by atoms with van der Waals surface area (Å²) in [5, 5.41) is 5.10. The normalized spacial score (nSPS) is 10.0. The number of nitrogens with two attached hydrogens (primary N) is 1. The lowest BCUT2D eigenvalue weighted by Crippen LogP contribution is -2.14. The molecule has 0 spiro atoms. The first-order valence-electron chi connectivity index (χ1n) is 4.85. The molecule has 0 aliphatic heterocycles. The zero-order chi connectivity index (χ0) is 12.3. The molecule has 0 unspecified atom stereocenters. The number of carbonyl (C=O) groups is 1. The third kappa shape index (κ3) is 2.77. The van der Waals surface area contributed by atoms with Crippen molar-refractivity contribution in [3.05, 3.63) is 35.1 Å². The Morgan fingerprint density at radius 1 is 1.47 bits per heavy atom. The van der Waals surface area contributed by atoms with E-state index < -0.39 is 0 Å². The Labute approximate surface area is 102 Å². The minimum atomic E-state index is -0.289. The third-order valence-electron chi connectivity index (χ3n) is 2.00. The summed E-state index contributed by atoms with van der Waals surface area (Å²) in [7, 11) is 0. The largest absolute Gasteiger partial charge is 0.323 e. The van der Waals surface area contributed by atoms with E-state index in [4.69, 9.17) is 5.84 Å². The first-order chi connectivity index (χ1) is 8.19. The molecular weight excluding hydrogens is 238 g/mol. The second kappa shape index (κ2) is 4.89. The van der Waals surface area contributed by atoms with Gasteiger partial charge in [0.25, 0.3) is 5.91 Å². The number of aryl methyl sites for hydroxylation is 1. The molecular formula is C10H11N5OS. The average molecular weight is 249 g/mol. The van der Waals surface area contributed by atoms with Crippen LogP contribution in [0.5, 0.6) is 0 Å². The lowest BCUT2D eigenvalue weighted by Gasteiger charge is -2.02. The second-order valence-corrected chi connectivity index (χ2v) is 4.18. The molecule has 0 radical (unpaired) electrons. The van der Waals surface area contributed by atoms with Gasteiger partial charge in [0, 0.05) is 5.38 Å². The van der Waals surface area contributed by atoms with Gasteiger partial charge in [-0.25, -0.2) is 9.97 Å². The number of hydrogen-bond donors (Lipinski definition) is 3. The van der Waals surface area contributed by atoms with E-state index >= 15 is 0 Å². The molecule has 2 heterocycles. The number of nitrogens with zero attached hydrogens (tertiary/aromatic N) is 2. The summed E-state index contributed by atoms with van der Waals surface area (Å²) in [5.74, 6) is 4.91. The molecule has 2 aromatic heterocycles. The van der Waals surface area contributed by atoms with Crippen LogP contribution in [0.1, 0.15) is 16.2 Å². The molecule has 0 aliphatic rings. The number of aromatic nitrogens is 2. The van der Waals surface area contributed by atoms with Crippen LogP contribution in [-0.2, 0) is 0 Å². The molecule has 0 saturated carbocycles. The van der Waals surface area contributed by atoms with E-state index in [1.165, 1.54) is 17.5 Å². The maximum absolute atomic E-state index is 11.8. The number of hydrogen-bond acceptors (Lipinski definition) is 6. The number of anilines is 2. The Morgan fingerprint density at radius 2 is 2.29 bits per heavy atom. The topological polar surface area (TPSA) is 92.9 Å². The number of thiazole rings is 1. The van der Waals surface area contributed by atoms with Gasteiger partial charge >= 0.3 is 0 Å². The van der Waals surface area contributed by atoms with Crippen LogP contribution in [-0.4, -0.2) is 15.9 Å². The van der Waals surface area contributed by atoms with Crippen molar-refractivity contribution >= 4 is 28.1 Å². The molecule has 0 atom stereocenters. The van der Waals surface area contributed by atoms with E-state index in [9.17, 15) is 4.79 Å². The lowest BCUT2D eigenvalue weighted by atomic mass is 10.3. The second-order valence-electron chi connectivity index (χ2n) is 3.32. The predicted octanol–water partition coefficient (Wildman–Crippen LogP) is 1.38. The SMILES string of the molecule is Cc1csc(NC(=O)c2ccc(NN)cn2)n1. The van der Waals surface area contributed by atoms with Crippen LogP contribution in [0.2, 0.25) is 0 Å². The minimum absolute atomic E-state index is 0.289. The van der Waals surface area contributed by atoms with Crippen LogP contribution < -0.4 is 16.6 Å². The average Bonchev–Trinajstić information content (AvgIpc) is 2.75. The highest BCUT2D eigenvalue weighted by Crippen LogP contribution is 2.15. The number of hydrazine groups is 1. The van der Waals surface area contributed by atoms with Gasteiger partial charge in [-0.2, -0.15) is 0 Å². The molecule has 0 bridgehead atoms. The fourth-order valence-electron chi connectivity index (χ4n) is 1.19. The van der Waals surface area contributed by atoms with E-state index in [1.54, 1.807) is 12.1 Å². The van der Waals surface area contributed by atoms with Gasteiger partial charge in [0.2, 0.25) is 0 Å². The summed E-state index contributed by atoms with van der Waals surface area (Å²) in [6.45, 7) is 1.87. The van der Waals surface area contributed by atoms with Crippen LogP contribution in [0.3, 0.4) is 0 Å². The van der Waals surface area contributed by atoms with E-state index in [0.29, 0.717) is 16.5 Å². The Bertz CT molecular complexity index is 522. The zero-order valence-corrected chi connectivity index (χ0v) is 9.91. The van der Waals surface area contributed by atoms with Crippen molar-refractivity contribution < 1.29 is 4.79 Å². The van der Waals surface area contributed by atoms with E-state index in [2.05, 4.69) is 20.7 Å². The van der Waals surface area contributed by atoms with Crippen LogP contribution >= 0.6 is 11.3 Å². The highest BCUT2D eigenvalue weighted by Gasteiger charge is 2.09. The number of carbonyl (C=O) groups excluding carboxylic acids is 1. The van der Waals surface area contributed by atoms with Crippen molar-refractivity contribution in [3.8, 4) is 0 Å². The number of rotatable bonds is 3. The summed E-state index contributed by atoms with van der Waals surface area (Å²) in [6.07, 6.45) is 1.49. The van der Waals surface area contributed by atoms with Gasteiger partial charge in [0.05, 0.1) is 17.6 Å². The third-order valence-corrected chi connectivity index (χ3v) is 2.88. The fourth-order valence-corrected chi connectivity index (χ4v) is 1.87. The van der Waals surface area contributed by atoms with Crippen LogP contribution in [0, 0.1) is 6.92 Å². The highest BCUT2D eigenvalue weighted by atomic mass is 32.1. The Balaban J connectivity index is 2.09. The summed E-state index contributed by atoms with van der Waals surface area (Å²) in [5.41, 5.74) is 4.28. The predicted molar refractivity (Wildman–Crippen MR) is 66.9 cm³/mol. The van der Waals surface area contributed by atoms with Crippen LogP contribution in [0.4, 0.5) is 10.8 Å². The summed E-state index contributed by atoms with van der Waals surface area (Å²) >= 11 is 1.38. The molecule has 7 heteroatoms. The quantitative estimate of drug-likeness (QED) is 0.564. The number of pyridine rings is 1. The Kier molecular flexibility index (Phi) is 3.31. The number of nitrogens with one attached hydrogen (secondary N) is 2. The molecule has 1 amide bonds. The van der Waals surface area contributed by atoms with Gasteiger partial charge in [-0.3, -0.25) is 16.0 Å². The van der Waals surface area contributed by atoms with Gasteiger partial charge in [-0.1, -0.05) is 0 Å². The summed E-state index contributed by atoms with van der Waals surface area (Å²) < 4.78 is 0. The standard InChI is InChI=1S/C10H11N5OS/c1-6-5-17-10(13-6)14-9(16)8-3-2-7(15-11)4-12-8/h2-5,15H,11H2,1H3,(H,13,14,16). The lowest BCUT2D eigenvalue weighted by molar-refractivity contribution is 0.102. The fraction of sp³-hybridized carbons (Fsp3) is 0.100. The van der Waals surface area contributed by atoms with Gasteiger partial charge in [-0.05, 0) is 19.1 Å². The first kappa shape index (κ1) is 11.5. The molecule has 6 nitrogen and oxygen atoms in total.